The van der Waals surface area contributed by atoms with Gasteiger partial charge < -0.3 is 4.74 Å². The molecule has 0 aliphatic heterocycles. The van der Waals surface area contributed by atoms with E-state index in [1.54, 1.807) is 0 Å². The molecule has 0 aliphatic carbocycles. The molecule has 0 aromatic heterocycles. The summed E-state index contributed by atoms with van der Waals surface area (Å²) in [5, 5.41) is 0. The number of rotatable bonds is 14. The first-order chi connectivity index (χ1) is 10.1. The maximum absolute atomic E-state index is 5.65. The fourth-order valence-corrected chi connectivity index (χ4v) is 2.07. The number of hydrogen-bond donors (Lipinski definition) is 0. The van der Waals surface area contributed by atoms with Crippen molar-refractivity contribution >= 4 is 50.8 Å². The van der Waals surface area contributed by atoms with Crippen LogP contribution in [0.4, 0.5) is 0 Å². The summed E-state index contributed by atoms with van der Waals surface area (Å²) < 4.78 is 5.65. The van der Waals surface area contributed by atoms with E-state index in [1.165, 1.54) is 77.0 Å². The second-order valence-corrected chi connectivity index (χ2v) is 25.2. The van der Waals surface area contributed by atoms with Crippen LogP contribution in [0.2, 0.25) is 0 Å². The Bertz CT molecular complexity index is 155. The van der Waals surface area contributed by atoms with E-state index in [0.29, 0.717) is 0 Å². The molecule has 21 heavy (non-hydrogen) atoms. The monoisotopic (exact) mass is 506 g/mol. The highest BCUT2D eigenvalue weighted by Crippen LogP contribution is 2.08. The summed E-state index contributed by atoms with van der Waals surface area (Å²) in [5.74, 6) is 0. The molecule has 0 aromatic rings. The number of unbranched alkanes of at least 4 members (excludes halogenated alkanes) is 10. The van der Waals surface area contributed by atoms with Gasteiger partial charge in [-0.1, -0.05) is 78.1 Å². The summed E-state index contributed by atoms with van der Waals surface area (Å²) in [5.41, 5.74) is 0. The van der Waals surface area contributed by atoms with Gasteiger partial charge in [0.15, 0.2) is 0 Å². The van der Waals surface area contributed by atoms with Crippen molar-refractivity contribution in [2.75, 3.05) is 13.2 Å². The molecule has 0 radical (unpaired) electrons. The van der Waals surface area contributed by atoms with Crippen molar-refractivity contribution in [2.45, 2.75) is 90.9 Å². The van der Waals surface area contributed by atoms with Crippen molar-refractivity contribution in [1.29, 1.82) is 0 Å². The largest absolute Gasteiger partial charge is 0.542 e. The van der Waals surface area contributed by atoms with Gasteiger partial charge in [0, 0.05) is 13.2 Å². The third kappa shape index (κ3) is 34.3. The van der Waals surface area contributed by atoms with Gasteiger partial charge in [0.2, 0.25) is 0 Å². The average Bonchev–Trinajstić information content (AvgIpc) is 2.43. The Labute approximate surface area is 158 Å². The highest BCUT2D eigenvalue weighted by Gasteiger charge is 1.95. The molecule has 0 spiro atoms. The van der Waals surface area contributed by atoms with Crippen LogP contribution in [-0.4, -0.2) is 21.9 Å². The summed E-state index contributed by atoms with van der Waals surface area (Å²) in [6.45, 7) is 6.51. The fraction of sp³-hybridized carbons (Fsp3) is 1.00. The van der Waals surface area contributed by atoms with Crippen molar-refractivity contribution in [3.05, 3.63) is 0 Å². The minimum absolute atomic E-state index is 0.701. The minimum Gasteiger partial charge on any atom is -0.381 e. The quantitative estimate of drug-likeness (QED) is 0.171. The highest BCUT2D eigenvalue weighted by atomic mass is 80.0. The van der Waals surface area contributed by atoms with Gasteiger partial charge in [-0.2, -0.15) is 42.2 Å². The molecule has 0 aromatic carbocycles. The van der Waals surface area contributed by atoms with Crippen LogP contribution in [-0.2, 0) is 4.74 Å². The fourth-order valence-electron chi connectivity index (χ4n) is 2.07. The lowest BCUT2D eigenvalue weighted by molar-refractivity contribution is 0.125. The predicted octanol–water partition coefficient (Wildman–Crippen LogP) is 7.88. The van der Waals surface area contributed by atoms with Crippen LogP contribution in [0, 0.1) is 0 Å². The van der Waals surface area contributed by atoms with Crippen LogP contribution < -0.4 is 0 Å². The Hall–Kier alpha value is 1.93. The van der Waals surface area contributed by atoms with E-state index < -0.39 is 8.67 Å². The molecule has 0 rings (SSSR count). The Morgan fingerprint density at radius 1 is 0.571 bits per heavy atom. The first-order valence-corrected chi connectivity index (χ1v) is 18.2. The number of halogens is 3. The topological polar surface area (TPSA) is 9.23 Å². The summed E-state index contributed by atoms with van der Waals surface area (Å²) in [6, 6.07) is 0. The minimum atomic E-state index is -0.701. The lowest BCUT2D eigenvalue weighted by Gasteiger charge is -2.04. The van der Waals surface area contributed by atoms with Gasteiger partial charge in [0.1, 0.15) is 0 Å². The third-order valence-corrected chi connectivity index (χ3v) is 3.28. The van der Waals surface area contributed by atoms with E-state index in [9.17, 15) is 0 Å². The van der Waals surface area contributed by atoms with Crippen molar-refractivity contribution < 1.29 is 4.74 Å². The number of ether oxygens (including phenoxy) is 1. The molecule has 0 heterocycles. The number of hydrogen-bond acceptors (Lipinski definition) is 1. The molecule has 1 nitrogen and oxygen atoms in total. The molecule has 0 aliphatic rings. The maximum Gasteiger partial charge on any atom is 0.542 e. The Kier molecular flexibility index (Phi) is 29.0. The Morgan fingerprint density at radius 2 is 0.857 bits per heavy atom. The van der Waals surface area contributed by atoms with E-state index in [0.717, 1.165) is 13.2 Å². The second kappa shape index (κ2) is 24.2. The molecule has 0 atom stereocenters. The van der Waals surface area contributed by atoms with Crippen LogP contribution in [0.25, 0.3) is 0 Å². The summed E-state index contributed by atoms with van der Waals surface area (Å²) in [4.78, 5) is 0. The van der Waals surface area contributed by atoms with Crippen molar-refractivity contribution in [1.82, 2.24) is 0 Å². The van der Waals surface area contributed by atoms with Crippen molar-refractivity contribution in [2.24, 2.45) is 0 Å². The van der Waals surface area contributed by atoms with E-state index in [4.69, 9.17) is 4.74 Å². The third-order valence-electron chi connectivity index (χ3n) is 3.28. The van der Waals surface area contributed by atoms with Crippen molar-refractivity contribution in [3.63, 3.8) is 0 Å². The van der Waals surface area contributed by atoms with E-state index in [1.807, 2.05) is 0 Å². The molecular formula is C16H34AlBr3O. The van der Waals surface area contributed by atoms with E-state index in [-0.39, 0.29) is 0 Å². The zero-order valence-electron chi connectivity index (χ0n) is 14.0. The molecule has 5 heteroatoms. The van der Waals surface area contributed by atoms with Gasteiger partial charge in [-0.25, -0.2) is 0 Å². The summed E-state index contributed by atoms with van der Waals surface area (Å²) >= 11 is 9.73. The first-order valence-electron chi connectivity index (χ1n) is 8.65. The molecule has 0 bridgehead atoms. The molecule has 0 saturated carbocycles. The Balaban J connectivity index is 0. The van der Waals surface area contributed by atoms with Gasteiger partial charge in [-0.3, -0.25) is 0 Å². The van der Waals surface area contributed by atoms with Crippen LogP contribution in [0.3, 0.4) is 0 Å². The van der Waals surface area contributed by atoms with Gasteiger partial charge in [0.25, 0.3) is 0 Å². The highest BCUT2D eigenvalue weighted by molar-refractivity contribution is 9.69. The van der Waals surface area contributed by atoms with Crippen LogP contribution in [0.1, 0.15) is 90.9 Å². The van der Waals surface area contributed by atoms with Gasteiger partial charge in [-0.15, -0.1) is 0 Å². The normalized spacial score (nSPS) is 10.1. The second-order valence-electron chi connectivity index (χ2n) is 5.40. The Morgan fingerprint density at radius 3 is 1.19 bits per heavy atom. The van der Waals surface area contributed by atoms with Crippen molar-refractivity contribution in [3.8, 4) is 0 Å². The lowest BCUT2D eigenvalue weighted by atomic mass is 10.1. The predicted molar refractivity (Wildman–Crippen MR) is 110 cm³/mol. The SMILES string of the molecule is CCCCCCCCOCCCCCCCC.[Br][Al]([Br])[Br]. The van der Waals surface area contributed by atoms with Crippen LogP contribution >= 0.6 is 42.2 Å². The molecule has 0 amide bonds. The van der Waals surface area contributed by atoms with Crippen LogP contribution in [0.5, 0.6) is 0 Å². The van der Waals surface area contributed by atoms with Gasteiger partial charge in [-0.05, 0) is 12.8 Å². The summed E-state index contributed by atoms with van der Waals surface area (Å²) in [6.07, 6.45) is 16.3. The summed E-state index contributed by atoms with van der Waals surface area (Å²) in [7, 11) is -0.701. The molecular weight excluding hydrogens is 475 g/mol. The van der Waals surface area contributed by atoms with E-state index in [2.05, 4.69) is 56.0 Å². The smallest absolute Gasteiger partial charge is 0.381 e. The lowest BCUT2D eigenvalue weighted by Crippen LogP contribution is -1.97. The molecule has 128 valence electrons. The molecule has 0 unspecified atom stereocenters. The van der Waals surface area contributed by atoms with Gasteiger partial charge in [0.05, 0.1) is 0 Å². The maximum atomic E-state index is 5.65. The van der Waals surface area contributed by atoms with E-state index >= 15 is 0 Å². The molecule has 0 N–H and O–H groups in total. The van der Waals surface area contributed by atoms with Crippen LogP contribution in [0.15, 0.2) is 0 Å². The molecule has 0 saturated heterocycles. The zero-order valence-corrected chi connectivity index (χ0v) is 19.9. The standard InChI is InChI=1S/C16H34O.Al.3BrH/c1-3-5-7-9-11-13-15-17-16-14-12-10-8-6-4-2;;;;/h3-16H2,1-2H3;;3*1H/q;+3;;;/p-3. The zero-order chi connectivity index (χ0) is 16.2. The molecule has 0 fully saturated rings. The van der Waals surface area contributed by atoms with Gasteiger partial charge >= 0.3 is 8.67 Å². The average molecular weight is 509 g/mol. The first kappa shape index (κ1) is 25.2.